The van der Waals surface area contributed by atoms with Gasteiger partial charge in [0, 0.05) is 82.2 Å². The predicted molar refractivity (Wildman–Crippen MR) is 230 cm³/mol. The number of anilines is 5. The Kier molecular flexibility index (Phi) is 10.2. The number of hydrogen-bond donors (Lipinski definition) is 3. The predicted octanol–water partition coefficient (Wildman–Crippen LogP) is 5.34. The highest BCUT2D eigenvalue weighted by molar-refractivity contribution is 6.33. The van der Waals surface area contributed by atoms with Gasteiger partial charge in [-0.05, 0) is 55.9 Å². The Bertz CT molecular complexity index is 2670. The van der Waals surface area contributed by atoms with Crippen LogP contribution in [0.15, 0.2) is 47.4 Å². The maximum Gasteiger partial charge on any atom is 0.301 e. The Balaban J connectivity index is 0.791. The van der Waals surface area contributed by atoms with Crippen LogP contribution in [-0.2, 0) is 23.7 Å². The Morgan fingerprint density at radius 3 is 2.55 bits per heavy atom. The van der Waals surface area contributed by atoms with Crippen molar-refractivity contribution in [1.29, 1.82) is 0 Å². The summed E-state index contributed by atoms with van der Waals surface area (Å²) in [6.07, 6.45) is 3.04. The molecule has 4 fully saturated rings. The van der Waals surface area contributed by atoms with Gasteiger partial charge in [0.05, 0.1) is 52.8 Å². The molecule has 0 radical (unpaired) electrons. The zero-order chi connectivity index (χ0) is 43.0. The first kappa shape index (κ1) is 40.5. The molecule has 326 valence electrons. The molecule has 19 heteroatoms. The van der Waals surface area contributed by atoms with E-state index in [9.17, 15) is 14.4 Å². The average molecular weight is 874 g/mol. The minimum Gasteiger partial charge on any atom is -0.480 e. The number of amides is 2. The second-order valence-electron chi connectivity index (χ2n) is 17.3. The third kappa shape index (κ3) is 7.33. The van der Waals surface area contributed by atoms with Crippen molar-refractivity contribution in [1.82, 2.24) is 34.5 Å². The van der Waals surface area contributed by atoms with Gasteiger partial charge in [-0.3, -0.25) is 29.3 Å². The number of pyridine rings is 1. The largest absolute Gasteiger partial charge is 0.480 e. The summed E-state index contributed by atoms with van der Waals surface area (Å²) in [6, 6.07) is 10.1. The van der Waals surface area contributed by atoms with Crippen LogP contribution in [0.3, 0.4) is 0 Å². The van der Waals surface area contributed by atoms with Crippen molar-refractivity contribution in [2.75, 3.05) is 72.9 Å². The van der Waals surface area contributed by atoms with E-state index in [1.165, 1.54) is 10.8 Å². The first-order valence-electron chi connectivity index (χ1n) is 21.2. The summed E-state index contributed by atoms with van der Waals surface area (Å²) in [5, 5.41) is 15.1. The molecule has 7 heterocycles. The Morgan fingerprint density at radius 1 is 0.984 bits per heavy atom. The molecule has 62 heavy (non-hydrogen) atoms. The minimum absolute atomic E-state index is 0.123. The summed E-state index contributed by atoms with van der Waals surface area (Å²) in [5.74, 6) is -4.09. The van der Waals surface area contributed by atoms with E-state index in [1.54, 1.807) is 25.2 Å². The van der Waals surface area contributed by atoms with Crippen LogP contribution in [0.2, 0.25) is 5.02 Å². The SMILES string of the molecule is Cn1nc(C2CCC(=O)NC2=O)c2cccc(N3CCN(CC4CCN(c5ncc(Cl)c(Nc6ccc7c(c6)c6c(c(=O)n7C)OCC(F)(F)[C@H](C7CC7)N6)n5)C[C@H]4F)CC3)c21. The van der Waals surface area contributed by atoms with E-state index >= 15 is 13.2 Å². The second-order valence-corrected chi connectivity index (χ2v) is 17.7. The molecule has 4 atom stereocenters. The van der Waals surface area contributed by atoms with Gasteiger partial charge in [-0.1, -0.05) is 23.7 Å². The molecule has 0 spiro atoms. The van der Waals surface area contributed by atoms with Gasteiger partial charge >= 0.3 is 5.92 Å². The average Bonchev–Trinajstić information content (AvgIpc) is 4.06. The van der Waals surface area contributed by atoms with Crippen LogP contribution in [0.4, 0.5) is 42.0 Å². The number of aromatic nitrogens is 5. The summed E-state index contributed by atoms with van der Waals surface area (Å²) in [5.41, 5.74) is 3.48. The van der Waals surface area contributed by atoms with Gasteiger partial charge in [0.15, 0.2) is 12.4 Å². The number of imide groups is 1. The highest BCUT2D eigenvalue weighted by atomic mass is 35.5. The van der Waals surface area contributed by atoms with Crippen molar-refractivity contribution in [2.45, 2.75) is 56.2 Å². The van der Waals surface area contributed by atoms with E-state index in [1.807, 2.05) is 28.8 Å². The van der Waals surface area contributed by atoms with Crippen molar-refractivity contribution in [3.8, 4) is 5.75 Å². The van der Waals surface area contributed by atoms with Gasteiger partial charge in [0.2, 0.25) is 23.5 Å². The number of halogens is 4. The number of piperidine rings is 2. The highest BCUT2D eigenvalue weighted by Gasteiger charge is 2.51. The third-order valence-electron chi connectivity index (χ3n) is 13.2. The molecule has 2 unspecified atom stereocenters. The fraction of sp³-hybridized carbons (Fsp3) is 0.488. The summed E-state index contributed by atoms with van der Waals surface area (Å²) in [7, 11) is 3.46. The number of ether oxygens (including phenoxy) is 1. The number of para-hydroxylation sites is 1. The zero-order valence-corrected chi connectivity index (χ0v) is 35.1. The van der Waals surface area contributed by atoms with E-state index in [-0.39, 0.29) is 53.1 Å². The van der Waals surface area contributed by atoms with Crippen LogP contribution in [-0.4, -0.2) is 112 Å². The van der Waals surface area contributed by atoms with Crippen LogP contribution in [0.1, 0.15) is 43.7 Å². The first-order valence-corrected chi connectivity index (χ1v) is 21.6. The van der Waals surface area contributed by atoms with E-state index in [0.717, 1.165) is 42.8 Å². The van der Waals surface area contributed by atoms with Gasteiger partial charge in [-0.2, -0.15) is 10.1 Å². The maximum atomic E-state index is 16.0. The van der Waals surface area contributed by atoms with Crippen LogP contribution in [0, 0.1) is 11.8 Å². The molecule has 3 N–H and O–H groups in total. The molecule has 5 aromatic rings. The van der Waals surface area contributed by atoms with Gasteiger partial charge in [0.25, 0.3) is 5.56 Å². The fourth-order valence-corrected chi connectivity index (χ4v) is 9.81. The van der Waals surface area contributed by atoms with Crippen molar-refractivity contribution in [3.05, 3.63) is 63.7 Å². The van der Waals surface area contributed by atoms with Crippen molar-refractivity contribution >= 4 is 74.0 Å². The monoisotopic (exact) mass is 873 g/mol. The molecule has 3 saturated heterocycles. The molecular weight excluding hydrogens is 827 g/mol. The van der Waals surface area contributed by atoms with Gasteiger partial charge in [0.1, 0.15) is 11.2 Å². The van der Waals surface area contributed by atoms with E-state index in [2.05, 4.69) is 36.8 Å². The lowest BCUT2D eigenvalue weighted by molar-refractivity contribution is -0.134. The lowest BCUT2D eigenvalue weighted by Crippen LogP contribution is -2.51. The van der Waals surface area contributed by atoms with Gasteiger partial charge in [-0.25, -0.2) is 18.2 Å². The number of nitrogens with one attached hydrogen (secondary N) is 3. The molecule has 5 aliphatic rings. The molecule has 0 bridgehead atoms. The number of benzene rings is 2. The fourth-order valence-electron chi connectivity index (χ4n) is 9.68. The quantitative estimate of drug-likeness (QED) is 0.173. The second kappa shape index (κ2) is 15.6. The zero-order valence-electron chi connectivity index (χ0n) is 34.3. The molecule has 1 saturated carbocycles. The van der Waals surface area contributed by atoms with E-state index in [4.69, 9.17) is 26.4 Å². The Labute approximate surface area is 359 Å². The Hall–Kier alpha value is -5.62. The lowest BCUT2D eigenvalue weighted by Gasteiger charge is -2.41. The molecule has 4 aliphatic heterocycles. The van der Waals surface area contributed by atoms with Crippen LogP contribution in [0.5, 0.6) is 5.75 Å². The van der Waals surface area contributed by atoms with Crippen LogP contribution >= 0.6 is 11.6 Å². The molecule has 2 aromatic carbocycles. The van der Waals surface area contributed by atoms with E-state index in [0.29, 0.717) is 72.8 Å². The van der Waals surface area contributed by atoms with Crippen molar-refractivity contribution in [2.24, 2.45) is 25.9 Å². The molecular formula is C43H47ClF3N11O4. The number of rotatable bonds is 8. The van der Waals surface area contributed by atoms with Gasteiger partial charge in [-0.15, -0.1) is 0 Å². The topological polar surface area (TPSA) is 155 Å². The number of carbonyl (C=O) groups excluding carboxylic acids is 2. The molecule has 2 amide bonds. The first-order chi connectivity index (χ1) is 29.8. The normalized spacial score (nSPS) is 24.4. The summed E-state index contributed by atoms with van der Waals surface area (Å²) < 4.78 is 55.0. The molecule has 10 rings (SSSR count). The van der Waals surface area contributed by atoms with Crippen LogP contribution in [0.25, 0.3) is 21.8 Å². The number of piperazine rings is 1. The molecule has 1 aliphatic carbocycles. The molecule has 3 aromatic heterocycles. The number of fused-ring (bicyclic) bond motifs is 4. The number of nitrogens with zero attached hydrogens (tertiary/aromatic N) is 8. The Morgan fingerprint density at radius 2 is 1.79 bits per heavy atom. The summed E-state index contributed by atoms with van der Waals surface area (Å²) in [4.78, 5) is 53.3. The van der Waals surface area contributed by atoms with Gasteiger partial charge < -0.3 is 29.7 Å². The molecule has 15 nitrogen and oxygen atoms in total. The summed E-state index contributed by atoms with van der Waals surface area (Å²) in [6.45, 7) is 3.45. The summed E-state index contributed by atoms with van der Waals surface area (Å²) >= 11 is 6.59. The lowest BCUT2D eigenvalue weighted by atomic mass is 9.92. The number of alkyl halides is 3. The number of hydrogen-bond acceptors (Lipinski definition) is 12. The number of aryl methyl sites for hydroxylation is 2. The highest BCUT2D eigenvalue weighted by Crippen LogP contribution is 2.46. The van der Waals surface area contributed by atoms with Crippen LogP contribution < -0.4 is 36.0 Å². The number of carbonyl (C=O) groups is 2. The minimum atomic E-state index is -3.16. The van der Waals surface area contributed by atoms with Crippen molar-refractivity contribution in [3.63, 3.8) is 0 Å². The van der Waals surface area contributed by atoms with Crippen molar-refractivity contribution < 1.29 is 27.5 Å². The smallest absolute Gasteiger partial charge is 0.301 e. The maximum absolute atomic E-state index is 16.0. The third-order valence-corrected chi connectivity index (χ3v) is 13.5. The standard InChI is InChI=1S/C43H47ClF3N11O4/c1-54-31-10-8-25(18-28(31)35-37(41(54)61)62-22-43(46,47)38(51-35)23-6-7-23)49-39-29(44)19-48-42(52-39)58-13-12-24(30(45)21-58)20-56-14-16-57(17-15-56)32-5-3-4-26-34(53-55(2)36(26)32)27-9-11-33(59)50-40(27)60/h3-5,8,10,18-19,23-24,27,30,38,51H,6-7,9,11-17,20-22H2,1-2H3,(H,48,49,52)(H,50,59,60)/t24?,27?,30-,38+/m1/s1. The van der Waals surface area contributed by atoms with E-state index < -0.39 is 36.2 Å².